The van der Waals surface area contributed by atoms with Gasteiger partial charge in [-0.05, 0) is 31.0 Å². The molecule has 0 N–H and O–H groups in total. The van der Waals surface area contributed by atoms with E-state index in [0.717, 1.165) is 6.42 Å². The minimum atomic E-state index is -1.68. The van der Waals surface area contributed by atoms with Crippen LogP contribution in [-0.2, 0) is 25.6 Å². The van der Waals surface area contributed by atoms with E-state index in [2.05, 4.69) is 0 Å². The third-order valence-corrected chi connectivity index (χ3v) is 5.00. The van der Waals surface area contributed by atoms with E-state index < -0.39 is 27.8 Å². The molecule has 27 heavy (non-hydrogen) atoms. The Hall–Kier alpha value is -1.41. The quantitative estimate of drug-likeness (QED) is 0.512. The van der Waals surface area contributed by atoms with Crippen LogP contribution in [0.3, 0.4) is 0 Å². The number of fused-ring (bicyclic) bond motifs is 3. The number of rotatable bonds is 2. The molecule has 0 amide bonds. The molecule has 1 saturated heterocycles. The second kappa shape index (κ2) is 6.88. The average molecular weight is 438 g/mol. The summed E-state index contributed by atoms with van der Waals surface area (Å²) in [4.78, 5) is 23.6. The maximum atomic E-state index is 12.1. The van der Waals surface area contributed by atoms with Crippen molar-refractivity contribution in [3.05, 3.63) is 29.3 Å². The van der Waals surface area contributed by atoms with E-state index in [1.165, 1.54) is 0 Å². The summed E-state index contributed by atoms with van der Waals surface area (Å²) in [5, 5.41) is 0. The molecule has 0 bridgehead atoms. The van der Waals surface area contributed by atoms with Crippen LogP contribution in [0.1, 0.15) is 35.2 Å². The summed E-state index contributed by atoms with van der Waals surface area (Å²) in [5.41, 5.74) is 0.944. The third kappa shape index (κ3) is 3.78. The molecule has 4 rings (SSSR count). The van der Waals surface area contributed by atoms with E-state index in [9.17, 15) is 9.59 Å². The van der Waals surface area contributed by atoms with Gasteiger partial charge in [-0.3, -0.25) is 0 Å². The number of hydrogen-bond acceptors (Lipinski definition) is 7. The molecule has 0 aromatic heterocycles. The predicted molar refractivity (Wildman–Crippen MR) is 94.2 cm³/mol. The minimum absolute atomic E-state index is 0.182. The molecular weight excluding hydrogens is 423 g/mol. The molecule has 2 aliphatic heterocycles. The summed E-state index contributed by atoms with van der Waals surface area (Å²) < 4.78 is 25.8. The molecule has 10 heteroatoms. The summed E-state index contributed by atoms with van der Waals surface area (Å²) in [6, 6.07) is 4.79. The number of ether oxygens (including phenoxy) is 5. The van der Waals surface area contributed by atoms with Crippen molar-refractivity contribution in [3.63, 3.8) is 0 Å². The van der Waals surface area contributed by atoms with Crippen LogP contribution in [0.15, 0.2) is 18.2 Å². The Balaban J connectivity index is 1.51. The van der Waals surface area contributed by atoms with Gasteiger partial charge in [0, 0.05) is 12.0 Å². The summed E-state index contributed by atoms with van der Waals surface area (Å²) >= 11 is 16.8. The van der Waals surface area contributed by atoms with Gasteiger partial charge in [0.1, 0.15) is 18.5 Å². The highest BCUT2D eigenvalue weighted by Crippen LogP contribution is 2.44. The molecule has 3 aliphatic rings. The van der Waals surface area contributed by atoms with Gasteiger partial charge >= 0.3 is 12.1 Å². The summed E-state index contributed by atoms with van der Waals surface area (Å²) in [6.45, 7) is -0.181. The van der Waals surface area contributed by atoms with Crippen LogP contribution in [0.25, 0.3) is 0 Å². The average Bonchev–Trinajstić information content (AvgIpc) is 3.01. The Morgan fingerprint density at radius 2 is 2.11 bits per heavy atom. The minimum Gasteiger partial charge on any atom is -0.458 e. The van der Waals surface area contributed by atoms with Gasteiger partial charge in [0.05, 0.1) is 12.2 Å². The number of alkyl halides is 3. The standard InChI is InChI=1S/C17H15Cl3O7/c18-17(19,20)8-23-14(21)9-3-4-11-10(6-9)7-24-16(27-11)5-1-2-12-13(16)26-15(22)25-12/h3-4,6,12-13H,1-2,5,7-8H2/t12-,13-,16-/m1/s1. The fourth-order valence-electron chi connectivity index (χ4n) is 3.50. The summed E-state index contributed by atoms with van der Waals surface area (Å²) in [7, 11) is 0. The number of carbonyl (C=O) groups is 2. The van der Waals surface area contributed by atoms with Crippen LogP contribution < -0.4 is 4.74 Å². The zero-order valence-electron chi connectivity index (χ0n) is 13.9. The van der Waals surface area contributed by atoms with Gasteiger partial charge in [-0.25, -0.2) is 9.59 Å². The summed E-state index contributed by atoms with van der Waals surface area (Å²) in [5.74, 6) is -1.16. The van der Waals surface area contributed by atoms with Gasteiger partial charge in [-0.2, -0.15) is 0 Å². The topological polar surface area (TPSA) is 80.3 Å². The maximum absolute atomic E-state index is 12.1. The van der Waals surface area contributed by atoms with Crippen molar-refractivity contribution in [2.75, 3.05) is 6.61 Å². The number of carbonyl (C=O) groups excluding carboxylic acids is 2. The van der Waals surface area contributed by atoms with Crippen LogP contribution in [0.2, 0.25) is 0 Å². The Morgan fingerprint density at radius 3 is 2.89 bits per heavy atom. The molecule has 7 nitrogen and oxygen atoms in total. The Bertz CT molecular complexity index is 778. The van der Waals surface area contributed by atoms with Crippen LogP contribution in [0.4, 0.5) is 4.79 Å². The van der Waals surface area contributed by atoms with Crippen molar-refractivity contribution in [1.29, 1.82) is 0 Å². The van der Waals surface area contributed by atoms with Crippen LogP contribution in [-0.4, -0.2) is 40.5 Å². The highest BCUT2D eigenvalue weighted by atomic mass is 35.6. The van der Waals surface area contributed by atoms with Crippen LogP contribution >= 0.6 is 34.8 Å². The second-order valence-electron chi connectivity index (χ2n) is 6.55. The van der Waals surface area contributed by atoms with Crippen molar-refractivity contribution in [2.24, 2.45) is 0 Å². The van der Waals surface area contributed by atoms with Gasteiger partial charge in [0.25, 0.3) is 5.79 Å². The van der Waals surface area contributed by atoms with Gasteiger partial charge in [-0.1, -0.05) is 34.8 Å². The first-order valence-electron chi connectivity index (χ1n) is 8.33. The van der Waals surface area contributed by atoms with E-state index in [1.54, 1.807) is 18.2 Å². The number of esters is 1. The molecule has 2 heterocycles. The monoisotopic (exact) mass is 436 g/mol. The van der Waals surface area contributed by atoms with Crippen molar-refractivity contribution >= 4 is 46.9 Å². The van der Waals surface area contributed by atoms with E-state index in [4.69, 9.17) is 58.5 Å². The molecule has 1 aliphatic carbocycles. The van der Waals surface area contributed by atoms with Crippen molar-refractivity contribution < 1.29 is 33.3 Å². The first-order valence-corrected chi connectivity index (χ1v) is 9.46. The fraction of sp³-hybridized carbons (Fsp3) is 0.529. The SMILES string of the molecule is O=C1O[C@@H]2[C@@H](CCC[C@]23OCc2cc(C(=O)OCC(Cl)(Cl)Cl)ccc2O3)O1. The van der Waals surface area contributed by atoms with E-state index in [0.29, 0.717) is 24.2 Å². The Labute approximate surface area is 169 Å². The maximum Gasteiger partial charge on any atom is 0.509 e. The molecule has 1 spiro atoms. The van der Waals surface area contributed by atoms with Gasteiger partial charge in [0.2, 0.25) is 9.90 Å². The molecule has 1 saturated carbocycles. The van der Waals surface area contributed by atoms with E-state index in [-0.39, 0.29) is 24.9 Å². The number of hydrogen-bond donors (Lipinski definition) is 0. The Morgan fingerprint density at radius 1 is 1.30 bits per heavy atom. The normalized spacial score (nSPS) is 29.2. The molecular formula is C17H15Cl3O7. The van der Waals surface area contributed by atoms with Gasteiger partial charge < -0.3 is 23.7 Å². The highest BCUT2D eigenvalue weighted by molar-refractivity contribution is 6.67. The lowest BCUT2D eigenvalue weighted by molar-refractivity contribution is -0.269. The number of halogens is 3. The Kier molecular flexibility index (Phi) is 4.83. The first kappa shape index (κ1) is 18.9. The lowest BCUT2D eigenvalue weighted by Crippen LogP contribution is -2.57. The molecule has 3 atom stereocenters. The van der Waals surface area contributed by atoms with Crippen molar-refractivity contribution in [1.82, 2.24) is 0 Å². The van der Waals surface area contributed by atoms with E-state index >= 15 is 0 Å². The zero-order valence-corrected chi connectivity index (χ0v) is 16.2. The van der Waals surface area contributed by atoms with Gasteiger partial charge in [0.15, 0.2) is 0 Å². The lowest BCUT2D eigenvalue weighted by Gasteiger charge is -2.44. The fourth-order valence-corrected chi connectivity index (χ4v) is 3.66. The van der Waals surface area contributed by atoms with Crippen molar-refractivity contribution in [2.45, 2.75) is 47.7 Å². The second-order valence-corrected chi connectivity index (χ2v) is 9.07. The summed E-state index contributed by atoms with van der Waals surface area (Å²) in [6.07, 6.45) is 0.318. The molecule has 0 radical (unpaired) electrons. The first-order chi connectivity index (χ1) is 12.8. The molecule has 146 valence electrons. The van der Waals surface area contributed by atoms with E-state index in [1.807, 2.05) is 0 Å². The zero-order chi connectivity index (χ0) is 19.2. The largest absolute Gasteiger partial charge is 0.509 e. The van der Waals surface area contributed by atoms with Crippen molar-refractivity contribution in [3.8, 4) is 5.75 Å². The molecule has 2 fully saturated rings. The third-order valence-electron chi connectivity index (χ3n) is 4.67. The van der Waals surface area contributed by atoms with Gasteiger partial charge in [-0.15, -0.1) is 0 Å². The smallest absolute Gasteiger partial charge is 0.458 e. The number of benzene rings is 1. The molecule has 0 unspecified atom stereocenters. The molecule has 1 aromatic rings. The van der Waals surface area contributed by atoms with Crippen LogP contribution in [0, 0.1) is 0 Å². The predicted octanol–water partition coefficient (Wildman–Crippen LogP) is 3.91. The van der Waals surface area contributed by atoms with Crippen LogP contribution in [0.5, 0.6) is 5.75 Å². The molecule has 1 aromatic carbocycles. The highest BCUT2D eigenvalue weighted by Gasteiger charge is 2.58. The lowest BCUT2D eigenvalue weighted by atomic mass is 9.88.